The molecule has 4 atom stereocenters. The van der Waals surface area contributed by atoms with Crippen LogP contribution in [0.2, 0.25) is 0 Å². The third-order valence-corrected chi connectivity index (χ3v) is 6.26. The molecule has 0 aromatic heterocycles. The van der Waals surface area contributed by atoms with Crippen molar-refractivity contribution < 1.29 is 10.2 Å². The molecule has 0 amide bonds. The van der Waals surface area contributed by atoms with E-state index in [1.54, 1.807) is 0 Å². The summed E-state index contributed by atoms with van der Waals surface area (Å²) in [5.74, 6) is 0.902. The van der Waals surface area contributed by atoms with Gasteiger partial charge in [-0.3, -0.25) is 0 Å². The van der Waals surface area contributed by atoms with Gasteiger partial charge in [-0.2, -0.15) is 0 Å². The number of hydrogen-bond acceptors (Lipinski definition) is 2. The van der Waals surface area contributed by atoms with Crippen molar-refractivity contribution in [1.29, 1.82) is 0 Å². The van der Waals surface area contributed by atoms with Crippen molar-refractivity contribution in [2.24, 2.45) is 5.92 Å². The molecule has 0 aliphatic heterocycles. The Morgan fingerprint density at radius 3 is 2.23 bits per heavy atom. The monoisotopic (exact) mass is 360 g/mol. The highest BCUT2D eigenvalue weighted by Gasteiger charge is 2.35. The Balaban J connectivity index is 1.89. The molecule has 2 N–H and O–H groups in total. The second-order valence-electron chi connectivity index (χ2n) is 8.30. The minimum Gasteiger partial charge on any atom is -0.393 e. The number of hydrogen-bond donors (Lipinski definition) is 2. The van der Waals surface area contributed by atoms with Crippen LogP contribution >= 0.6 is 0 Å². The van der Waals surface area contributed by atoms with Crippen LogP contribution in [0, 0.1) is 5.92 Å². The Kier molecular flexibility index (Phi) is 9.71. The summed E-state index contributed by atoms with van der Waals surface area (Å²) in [5, 5.41) is 20.8. The number of unbranched alkanes of at least 4 members (excludes halogenated alkanes) is 6. The normalized spacial score (nSPS) is 24.1. The van der Waals surface area contributed by atoms with Gasteiger partial charge in [0, 0.05) is 0 Å². The van der Waals surface area contributed by atoms with Crippen molar-refractivity contribution in [3.05, 3.63) is 35.4 Å². The summed E-state index contributed by atoms with van der Waals surface area (Å²) in [6, 6.07) is 8.61. The number of aliphatic hydroxyl groups excluding tert-OH is 2. The number of rotatable bonds is 12. The lowest BCUT2D eigenvalue weighted by Crippen LogP contribution is -2.18. The third kappa shape index (κ3) is 6.39. The summed E-state index contributed by atoms with van der Waals surface area (Å²) in [7, 11) is 0. The largest absolute Gasteiger partial charge is 0.393 e. The Morgan fingerprint density at radius 1 is 0.885 bits per heavy atom. The molecule has 26 heavy (non-hydrogen) atoms. The summed E-state index contributed by atoms with van der Waals surface area (Å²) in [5.41, 5.74) is 2.39. The van der Waals surface area contributed by atoms with Gasteiger partial charge in [0.1, 0.15) is 0 Å². The number of benzene rings is 1. The van der Waals surface area contributed by atoms with Crippen molar-refractivity contribution in [3.63, 3.8) is 0 Å². The lowest BCUT2D eigenvalue weighted by Gasteiger charge is -2.23. The fourth-order valence-electron chi connectivity index (χ4n) is 4.56. The van der Waals surface area contributed by atoms with Crippen molar-refractivity contribution >= 4 is 0 Å². The smallest absolute Gasteiger partial charge is 0.0790 e. The van der Waals surface area contributed by atoms with E-state index >= 15 is 0 Å². The van der Waals surface area contributed by atoms with E-state index in [-0.39, 0.29) is 12.2 Å². The lowest BCUT2D eigenvalue weighted by molar-refractivity contribution is 0.120. The van der Waals surface area contributed by atoms with Gasteiger partial charge in [-0.1, -0.05) is 89.5 Å². The highest BCUT2D eigenvalue weighted by atomic mass is 16.3. The van der Waals surface area contributed by atoms with Crippen LogP contribution in [0.5, 0.6) is 0 Å². The standard InChI is InChI=1S/C24H40O2/c1-3-5-7-8-10-11-22-21(17-18-24(22)26)19-13-15-20(16-14-19)23(25)12-9-6-4-2/h13-16,21-26H,3-12,17-18H2,1-2H3/t21?,22-,23?,24+/m1/s1. The van der Waals surface area contributed by atoms with Gasteiger partial charge in [-0.05, 0) is 48.6 Å². The van der Waals surface area contributed by atoms with Gasteiger partial charge in [-0.15, -0.1) is 0 Å². The van der Waals surface area contributed by atoms with E-state index in [9.17, 15) is 10.2 Å². The van der Waals surface area contributed by atoms with Crippen LogP contribution in [0.4, 0.5) is 0 Å². The highest BCUT2D eigenvalue weighted by molar-refractivity contribution is 5.28. The predicted octanol–water partition coefficient (Wildman–Crippen LogP) is 6.52. The molecule has 2 rings (SSSR count). The van der Waals surface area contributed by atoms with E-state index in [2.05, 4.69) is 38.1 Å². The van der Waals surface area contributed by atoms with Crippen LogP contribution in [0.3, 0.4) is 0 Å². The topological polar surface area (TPSA) is 40.5 Å². The molecule has 1 aromatic rings. The van der Waals surface area contributed by atoms with Gasteiger partial charge in [0.25, 0.3) is 0 Å². The first-order chi connectivity index (χ1) is 12.7. The molecule has 0 bridgehead atoms. The van der Waals surface area contributed by atoms with Crippen molar-refractivity contribution in [1.82, 2.24) is 0 Å². The molecule has 2 unspecified atom stereocenters. The molecule has 1 aliphatic rings. The fourth-order valence-corrected chi connectivity index (χ4v) is 4.56. The van der Waals surface area contributed by atoms with Crippen LogP contribution in [0.1, 0.15) is 114 Å². The highest BCUT2D eigenvalue weighted by Crippen LogP contribution is 2.42. The minimum atomic E-state index is -0.334. The zero-order chi connectivity index (χ0) is 18.8. The summed E-state index contributed by atoms with van der Waals surface area (Å²) in [4.78, 5) is 0. The second-order valence-corrected chi connectivity index (χ2v) is 8.30. The summed E-state index contributed by atoms with van der Waals surface area (Å²) in [6.45, 7) is 4.44. The molecular formula is C24H40O2. The molecule has 0 saturated heterocycles. The Bertz CT molecular complexity index is 481. The van der Waals surface area contributed by atoms with Crippen LogP contribution < -0.4 is 0 Å². The first-order valence-corrected chi connectivity index (χ1v) is 11.1. The minimum absolute atomic E-state index is 0.134. The molecule has 0 heterocycles. The van der Waals surface area contributed by atoms with E-state index in [1.807, 2.05) is 0 Å². The quantitative estimate of drug-likeness (QED) is 0.417. The van der Waals surface area contributed by atoms with Crippen LogP contribution in [0.15, 0.2) is 24.3 Å². The van der Waals surface area contributed by atoms with Crippen LogP contribution in [0.25, 0.3) is 0 Å². The third-order valence-electron chi connectivity index (χ3n) is 6.26. The summed E-state index contributed by atoms with van der Waals surface area (Å²) < 4.78 is 0. The van der Waals surface area contributed by atoms with Gasteiger partial charge in [-0.25, -0.2) is 0 Å². The Hall–Kier alpha value is -0.860. The average molecular weight is 361 g/mol. The maximum atomic E-state index is 10.4. The first kappa shape index (κ1) is 21.4. The molecular weight excluding hydrogens is 320 g/mol. The molecule has 2 heteroatoms. The van der Waals surface area contributed by atoms with Gasteiger partial charge in [0.15, 0.2) is 0 Å². The molecule has 148 valence electrons. The Labute approximate surface area is 161 Å². The first-order valence-electron chi connectivity index (χ1n) is 11.1. The van der Waals surface area contributed by atoms with E-state index in [1.165, 1.54) is 50.5 Å². The van der Waals surface area contributed by atoms with Crippen molar-refractivity contribution in [3.8, 4) is 0 Å². The molecule has 1 aromatic carbocycles. The maximum Gasteiger partial charge on any atom is 0.0790 e. The molecule has 2 nitrogen and oxygen atoms in total. The van der Waals surface area contributed by atoms with Crippen LogP contribution in [-0.2, 0) is 0 Å². The second kappa shape index (κ2) is 11.8. The number of aliphatic hydroxyl groups is 2. The summed E-state index contributed by atoms with van der Waals surface area (Å²) in [6.07, 6.45) is 13.5. The van der Waals surface area contributed by atoms with E-state index < -0.39 is 0 Å². The van der Waals surface area contributed by atoms with Gasteiger partial charge in [0.05, 0.1) is 12.2 Å². The van der Waals surface area contributed by atoms with Crippen molar-refractivity contribution in [2.75, 3.05) is 0 Å². The van der Waals surface area contributed by atoms with Gasteiger partial charge >= 0.3 is 0 Å². The summed E-state index contributed by atoms with van der Waals surface area (Å²) >= 11 is 0. The van der Waals surface area contributed by atoms with Gasteiger partial charge < -0.3 is 10.2 Å². The molecule has 1 saturated carbocycles. The molecule has 1 aliphatic carbocycles. The average Bonchev–Trinajstić information content (AvgIpc) is 3.02. The molecule has 0 spiro atoms. The SMILES string of the molecule is CCCCCCC[C@@H]1C(c2ccc(C(O)CCCCC)cc2)CC[C@@H]1O. The van der Waals surface area contributed by atoms with Gasteiger partial charge in [0.2, 0.25) is 0 Å². The van der Waals surface area contributed by atoms with Crippen molar-refractivity contribution in [2.45, 2.75) is 109 Å². The van der Waals surface area contributed by atoms with E-state index in [4.69, 9.17) is 0 Å². The lowest BCUT2D eigenvalue weighted by atomic mass is 9.84. The predicted molar refractivity (Wildman–Crippen MR) is 110 cm³/mol. The zero-order valence-corrected chi connectivity index (χ0v) is 17.0. The van der Waals surface area contributed by atoms with E-state index in [0.29, 0.717) is 11.8 Å². The Morgan fingerprint density at radius 2 is 1.54 bits per heavy atom. The van der Waals surface area contributed by atoms with Crippen LogP contribution in [-0.4, -0.2) is 16.3 Å². The fraction of sp³-hybridized carbons (Fsp3) is 0.750. The zero-order valence-electron chi connectivity index (χ0n) is 17.0. The van der Waals surface area contributed by atoms with E-state index in [0.717, 1.165) is 37.7 Å². The molecule has 1 fully saturated rings. The molecule has 0 radical (unpaired) electrons. The maximum absolute atomic E-state index is 10.4.